The first-order chi connectivity index (χ1) is 12.3. The van der Waals surface area contributed by atoms with Crippen LogP contribution in [0.1, 0.15) is 34.5 Å². The fourth-order valence-electron chi connectivity index (χ4n) is 2.95. The van der Waals surface area contributed by atoms with Crippen molar-refractivity contribution < 1.29 is 9.53 Å². The lowest BCUT2D eigenvalue weighted by Crippen LogP contribution is -2.15. The molecule has 0 fully saturated rings. The average Bonchev–Trinajstić information content (AvgIpc) is 3.00. The maximum absolute atomic E-state index is 12.3. The van der Waals surface area contributed by atoms with Crippen molar-refractivity contribution in [3.05, 3.63) is 77.4 Å². The number of esters is 1. The first-order valence-electron chi connectivity index (χ1n) is 8.10. The lowest BCUT2D eigenvalue weighted by atomic mass is 10.0. The number of aromatic nitrogens is 3. The summed E-state index contributed by atoms with van der Waals surface area (Å²) in [6.45, 7) is 2.39. The highest BCUT2D eigenvalue weighted by atomic mass is 16.5. The molecule has 6 nitrogen and oxygen atoms in total. The van der Waals surface area contributed by atoms with Crippen molar-refractivity contribution in [1.82, 2.24) is 14.8 Å². The van der Waals surface area contributed by atoms with Crippen LogP contribution in [-0.2, 0) is 11.3 Å². The summed E-state index contributed by atoms with van der Waals surface area (Å²) in [5, 5.41) is 8.18. The van der Waals surface area contributed by atoms with Gasteiger partial charge in [0.1, 0.15) is 6.54 Å². The molecule has 0 unspecified atom stereocenters. The smallest absolute Gasteiger partial charge is 0.376 e. The van der Waals surface area contributed by atoms with E-state index in [0.29, 0.717) is 12.4 Å². The minimum Gasteiger partial charge on any atom is -0.460 e. The van der Waals surface area contributed by atoms with E-state index in [0.717, 1.165) is 22.5 Å². The molecule has 0 atom stereocenters. The van der Waals surface area contributed by atoms with Crippen molar-refractivity contribution in [3.8, 4) is 5.69 Å². The van der Waals surface area contributed by atoms with Crippen LogP contribution in [0.5, 0.6) is 0 Å². The van der Waals surface area contributed by atoms with Crippen LogP contribution in [0.15, 0.2) is 59.6 Å². The number of fused-ring (bicyclic) bond motifs is 3. The number of para-hydroxylation sites is 1. The van der Waals surface area contributed by atoms with Crippen LogP contribution in [0.2, 0.25) is 0 Å². The Morgan fingerprint density at radius 2 is 1.84 bits per heavy atom. The molecule has 0 bridgehead atoms. The zero-order valence-electron chi connectivity index (χ0n) is 13.7. The fourth-order valence-corrected chi connectivity index (χ4v) is 2.95. The molecule has 1 aliphatic rings. The highest BCUT2D eigenvalue weighted by Gasteiger charge is 2.26. The Labute approximate surface area is 144 Å². The lowest BCUT2D eigenvalue weighted by Gasteiger charge is -2.12. The Balaban J connectivity index is 1.91. The summed E-state index contributed by atoms with van der Waals surface area (Å²) in [7, 11) is 0. The predicted octanol–water partition coefficient (Wildman–Crippen LogP) is 2.80. The van der Waals surface area contributed by atoms with Gasteiger partial charge in [0.15, 0.2) is 5.82 Å². The lowest BCUT2D eigenvalue weighted by molar-refractivity contribution is 0.0509. The molecule has 25 heavy (non-hydrogen) atoms. The van der Waals surface area contributed by atoms with Crippen molar-refractivity contribution in [2.45, 2.75) is 13.5 Å². The third kappa shape index (κ3) is 2.61. The highest BCUT2D eigenvalue weighted by molar-refractivity contribution is 6.15. The molecule has 1 aliphatic heterocycles. The molecule has 0 radical (unpaired) electrons. The number of hydrogen-bond acceptors (Lipinski definition) is 5. The third-order valence-corrected chi connectivity index (χ3v) is 4.01. The van der Waals surface area contributed by atoms with Crippen LogP contribution < -0.4 is 0 Å². The normalized spacial score (nSPS) is 12.6. The second-order valence-corrected chi connectivity index (χ2v) is 5.54. The van der Waals surface area contributed by atoms with E-state index >= 15 is 0 Å². The Hall–Kier alpha value is -3.28. The second kappa shape index (κ2) is 6.32. The summed E-state index contributed by atoms with van der Waals surface area (Å²) in [5.74, 6) is 0.300. The topological polar surface area (TPSA) is 69.4 Å². The highest BCUT2D eigenvalue weighted by Crippen LogP contribution is 2.25. The SMILES string of the molecule is CCOC(=O)c1nnc2n1-c1ccccc1C(c1ccccc1)=NC2. The van der Waals surface area contributed by atoms with Crippen molar-refractivity contribution in [2.24, 2.45) is 4.99 Å². The van der Waals surface area contributed by atoms with Gasteiger partial charge >= 0.3 is 5.97 Å². The monoisotopic (exact) mass is 332 g/mol. The van der Waals surface area contributed by atoms with E-state index in [1.165, 1.54) is 0 Å². The summed E-state index contributed by atoms with van der Waals surface area (Å²) >= 11 is 0. The standard InChI is InChI=1S/C19H16N4O2/c1-2-25-19(24)18-22-21-16-12-20-17(13-8-4-3-5-9-13)14-10-6-7-11-15(14)23(16)18/h3-11H,2,12H2,1H3. The van der Waals surface area contributed by atoms with Gasteiger partial charge in [-0.1, -0.05) is 48.5 Å². The van der Waals surface area contributed by atoms with Gasteiger partial charge in [-0.25, -0.2) is 4.79 Å². The third-order valence-electron chi connectivity index (χ3n) is 4.01. The van der Waals surface area contributed by atoms with E-state index < -0.39 is 5.97 Å². The van der Waals surface area contributed by atoms with E-state index in [1.807, 2.05) is 54.6 Å². The summed E-state index contributed by atoms with van der Waals surface area (Å²) in [4.78, 5) is 17.0. The average molecular weight is 332 g/mol. The Morgan fingerprint density at radius 3 is 2.64 bits per heavy atom. The molecule has 2 heterocycles. The largest absolute Gasteiger partial charge is 0.460 e. The van der Waals surface area contributed by atoms with Gasteiger partial charge < -0.3 is 4.74 Å². The van der Waals surface area contributed by atoms with E-state index in [-0.39, 0.29) is 12.4 Å². The molecule has 3 aromatic rings. The van der Waals surface area contributed by atoms with E-state index in [1.54, 1.807) is 11.5 Å². The van der Waals surface area contributed by atoms with Crippen LogP contribution in [0.4, 0.5) is 0 Å². The minimum atomic E-state index is -0.487. The van der Waals surface area contributed by atoms with Gasteiger partial charge in [-0.2, -0.15) is 0 Å². The van der Waals surface area contributed by atoms with E-state index in [2.05, 4.69) is 10.2 Å². The maximum atomic E-state index is 12.3. The molecule has 124 valence electrons. The van der Waals surface area contributed by atoms with Crippen LogP contribution in [-0.4, -0.2) is 33.1 Å². The maximum Gasteiger partial charge on any atom is 0.376 e. The Kier molecular flexibility index (Phi) is 3.85. The van der Waals surface area contributed by atoms with Gasteiger partial charge in [0.2, 0.25) is 5.82 Å². The number of aliphatic imine (C=N–C) groups is 1. The number of ether oxygens (including phenoxy) is 1. The zero-order valence-corrected chi connectivity index (χ0v) is 13.7. The van der Waals surface area contributed by atoms with Crippen molar-refractivity contribution in [2.75, 3.05) is 6.61 Å². The molecule has 2 aromatic carbocycles. The predicted molar refractivity (Wildman–Crippen MR) is 93.1 cm³/mol. The van der Waals surface area contributed by atoms with Crippen molar-refractivity contribution in [3.63, 3.8) is 0 Å². The van der Waals surface area contributed by atoms with Gasteiger partial charge in [0.25, 0.3) is 0 Å². The number of hydrogen-bond donors (Lipinski definition) is 0. The molecular formula is C19H16N4O2. The zero-order chi connectivity index (χ0) is 17.2. The van der Waals surface area contributed by atoms with Crippen LogP contribution in [0, 0.1) is 0 Å². The molecule has 0 aliphatic carbocycles. The van der Waals surface area contributed by atoms with Gasteiger partial charge in [0, 0.05) is 11.1 Å². The van der Waals surface area contributed by atoms with Gasteiger partial charge in [0.05, 0.1) is 18.0 Å². The molecule has 6 heteroatoms. The van der Waals surface area contributed by atoms with E-state index in [4.69, 9.17) is 9.73 Å². The number of carbonyl (C=O) groups is 1. The van der Waals surface area contributed by atoms with E-state index in [9.17, 15) is 4.79 Å². The molecule has 0 saturated heterocycles. The summed E-state index contributed by atoms with van der Waals surface area (Å²) in [6, 6.07) is 17.8. The van der Waals surface area contributed by atoms with Gasteiger partial charge in [-0.3, -0.25) is 9.56 Å². The molecule has 0 N–H and O–H groups in total. The number of benzene rings is 2. The van der Waals surface area contributed by atoms with Crippen LogP contribution >= 0.6 is 0 Å². The number of carbonyl (C=O) groups excluding carboxylic acids is 1. The molecule has 0 saturated carbocycles. The van der Waals surface area contributed by atoms with Crippen molar-refractivity contribution >= 4 is 11.7 Å². The summed E-state index contributed by atoms with van der Waals surface area (Å²) in [6.07, 6.45) is 0. The first-order valence-corrected chi connectivity index (χ1v) is 8.10. The molecule has 0 amide bonds. The first kappa shape index (κ1) is 15.3. The second-order valence-electron chi connectivity index (χ2n) is 5.54. The fraction of sp³-hybridized carbons (Fsp3) is 0.158. The number of nitrogens with zero attached hydrogens (tertiary/aromatic N) is 4. The summed E-state index contributed by atoms with van der Waals surface area (Å²) in [5.41, 5.74) is 3.64. The van der Waals surface area contributed by atoms with Crippen LogP contribution in [0.25, 0.3) is 5.69 Å². The van der Waals surface area contributed by atoms with Crippen molar-refractivity contribution in [1.29, 1.82) is 0 Å². The Bertz CT molecular complexity index is 961. The molecule has 0 spiro atoms. The Morgan fingerprint density at radius 1 is 1.08 bits per heavy atom. The minimum absolute atomic E-state index is 0.175. The number of rotatable bonds is 3. The van der Waals surface area contributed by atoms with Gasteiger partial charge in [-0.05, 0) is 13.0 Å². The molecule has 4 rings (SSSR count). The quantitative estimate of drug-likeness (QED) is 0.692. The molecular weight excluding hydrogens is 316 g/mol. The molecule has 1 aromatic heterocycles. The van der Waals surface area contributed by atoms with Gasteiger partial charge in [-0.15, -0.1) is 10.2 Å². The van der Waals surface area contributed by atoms with Crippen LogP contribution in [0.3, 0.4) is 0 Å². The summed E-state index contributed by atoms with van der Waals surface area (Å²) < 4.78 is 6.86.